The number of nitrogens with zero attached hydrogens (tertiary/aromatic N) is 6. The Morgan fingerprint density at radius 1 is 0.893 bits per heavy atom. The van der Waals surface area contributed by atoms with Crippen LogP contribution in [-0.4, -0.2) is 108 Å². The van der Waals surface area contributed by atoms with Gasteiger partial charge in [-0.05, 0) is 100.0 Å². The molecule has 2 aromatic carbocycles. The third kappa shape index (κ3) is 10.4. The number of alkyl carbamates (subject to hydrolysis) is 1. The van der Waals surface area contributed by atoms with Crippen LogP contribution < -0.4 is 15.4 Å². The molecule has 4 aromatic heterocycles. The zero-order valence-electron chi connectivity index (χ0n) is 44.3. The van der Waals surface area contributed by atoms with E-state index < -0.39 is 35.8 Å². The van der Waals surface area contributed by atoms with Gasteiger partial charge in [0, 0.05) is 55.2 Å². The molecule has 6 aromatic rings. The summed E-state index contributed by atoms with van der Waals surface area (Å²) in [5.74, 6) is 0.448. The highest BCUT2D eigenvalue weighted by atomic mass is 32.1. The molecule has 0 saturated carbocycles. The molecule has 0 radical (unpaired) electrons. The van der Waals surface area contributed by atoms with Crippen molar-refractivity contribution in [1.29, 1.82) is 0 Å². The molecule has 398 valence electrons. The third-order valence-corrected chi connectivity index (χ3v) is 16.2. The van der Waals surface area contributed by atoms with Gasteiger partial charge in [-0.25, -0.2) is 24.1 Å². The SMILES string of the molecule is CCC(=O)NC(C(=O)N1CCCC1c1ncc(-c2ccc3c(c2)cc2n3C(c3cnc(CC(C)(C)C)s3)Oc3cc(-c4cnc(C5CCCN5C(=O)C(NC(=O)OC)C(C)C)[nH]4)cc(F)c3-2)[nH]1)C1CCOC(C)(C)C1. The summed E-state index contributed by atoms with van der Waals surface area (Å²) in [6, 6.07) is 9.35. The summed E-state index contributed by atoms with van der Waals surface area (Å²) < 4.78 is 36.8. The van der Waals surface area contributed by atoms with Gasteiger partial charge in [-0.2, -0.15) is 0 Å². The first-order chi connectivity index (χ1) is 35.8. The number of methoxy groups -OCH3 is 1. The van der Waals surface area contributed by atoms with Crippen LogP contribution in [0.2, 0.25) is 0 Å². The Labute approximate surface area is 440 Å². The van der Waals surface area contributed by atoms with Gasteiger partial charge >= 0.3 is 6.09 Å². The molecular formula is C56H69FN10O7S. The largest absolute Gasteiger partial charge is 0.464 e. The van der Waals surface area contributed by atoms with Crippen molar-refractivity contribution < 1.29 is 37.8 Å². The number of H-pyrrole nitrogens is 2. The number of rotatable bonds is 13. The molecule has 0 aliphatic carbocycles. The van der Waals surface area contributed by atoms with E-state index in [1.54, 1.807) is 35.6 Å². The van der Waals surface area contributed by atoms with E-state index in [0.717, 1.165) is 57.7 Å². The number of thiazole rings is 1. The van der Waals surface area contributed by atoms with Crippen molar-refractivity contribution in [2.45, 2.75) is 143 Å². The average Bonchev–Trinajstić information content (AvgIpc) is 4.26. The number of hydrogen-bond acceptors (Lipinski definition) is 11. The number of likely N-dealkylation sites (tertiary alicyclic amines) is 2. The van der Waals surface area contributed by atoms with Crippen molar-refractivity contribution in [1.82, 2.24) is 49.9 Å². The quantitative estimate of drug-likeness (QED) is 0.0863. The van der Waals surface area contributed by atoms with Crippen molar-refractivity contribution in [3.8, 4) is 39.5 Å². The second-order valence-electron chi connectivity index (χ2n) is 22.7. The maximum Gasteiger partial charge on any atom is 0.407 e. The Kier molecular flexibility index (Phi) is 14.2. The molecule has 3 saturated heterocycles. The minimum absolute atomic E-state index is 0.00570. The topological polar surface area (TPSA) is 202 Å². The molecule has 4 amide bonds. The van der Waals surface area contributed by atoms with E-state index in [1.807, 2.05) is 67.6 Å². The zero-order chi connectivity index (χ0) is 53.1. The number of aromatic nitrogens is 6. The van der Waals surface area contributed by atoms with Gasteiger partial charge in [0.05, 0.1) is 75.2 Å². The number of carbonyl (C=O) groups excluding carboxylic acids is 4. The fourth-order valence-corrected chi connectivity index (χ4v) is 12.7. The lowest BCUT2D eigenvalue weighted by Gasteiger charge is -2.40. The van der Waals surface area contributed by atoms with Crippen LogP contribution in [0.15, 0.2) is 55.0 Å². The molecule has 17 nitrogen and oxygen atoms in total. The highest BCUT2D eigenvalue weighted by Crippen LogP contribution is 2.49. The normalized spacial score (nSPS) is 21.2. The fraction of sp³-hybridized carbons (Fsp3) is 0.518. The van der Waals surface area contributed by atoms with Gasteiger partial charge in [-0.1, -0.05) is 47.6 Å². The molecule has 19 heteroatoms. The van der Waals surface area contributed by atoms with E-state index in [1.165, 1.54) is 13.2 Å². The van der Waals surface area contributed by atoms with E-state index >= 15 is 4.39 Å². The van der Waals surface area contributed by atoms with Gasteiger partial charge in [0.1, 0.15) is 35.3 Å². The maximum absolute atomic E-state index is 17.1. The van der Waals surface area contributed by atoms with Gasteiger partial charge < -0.3 is 44.6 Å². The molecule has 0 spiro atoms. The van der Waals surface area contributed by atoms with Gasteiger partial charge in [0.25, 0.3) is 0 Å². The Morgan fingerprint density at radius 3 is 2.21 bits per heavy atom. The Balaban J connectivity index is 0.961. The Hall–Kier alpha value is -6.60. The van der Waals surface area contributed by atoms with Crippen molar-refractivity contribution in [3.05, 3.63) is 82.3 Å². The number of aromatic amines is 2. The molecule has 6 unspecified atom stereocenters. The van der Waals surface area contributed by atoms with E-state index in [-0.39, 0.29) is 53.5 Å². The van der Waals surface area contributed by atoms with Gasteiger partial charge in [0.2, 0.25) is 23.9 Å². The number of halogens is 1. The van der Waals surface area contributed by atoms with Crippen LogP contribution in [0.4, 0.5) is 9.18 Å². The van der Waals surface area contributed by atoms with Gasteiger partial charge in [-0.3, -0.25) is 19.0 Å². The first kappa shape index (κ1) is 51.9. The van der Waals surface area contributed by atoms with Crippen molar-refractivity contribution in [3.63, 3.8) is 0 Å². The molecule has 75 heavy (non-hydrogen) atoms. The molecular weight excluding hydrogens is 976 g/mol. The van der Waals surface area contributed by atoms with Crippen LogP contribution in [0.5, 0.6) is 5.75 Å². The highest BCUT2D eigenvalue weighted by Gasteiger charge is 2.43. The summed E-state index contributed by atoms with van der Waals surface area (Å²) in [6.07, 6.45) is 9.36. The smallest absolute Gasteiger partial charge is 0.407 e. The number of carbonyl (C=O) groups is 4. The first-order valence-corrected chi connectivity index (χ1v) is 27.2. The number of fused-ring (bicyclic) bond motifs is 5. The first-order valence-electron chi connectivity index (χ1n) is 26.4. The lowest BCUT2D eigenvalue weighted by atomic mass is 9.82. The molecule has 10 rings (SSSR count). The predicted octanol–water partition coefficient (Wildman–Crippen LogP) is 10.0. The zero-order valence-corrected chi connectivity index (χ0v) is 45.2. The summed E-state index contributed by atoms with van der Waals surface area (Å²) >= 11 is 1.58. The summed E-state index contributed by atoms with van der Waals surface area (Å²) in [5, 5.41) is 7.62. The van der Waals surface area contributed by atoms with Crippen LogP contribution >= 0.6 is 11.3 Å². The molecule has 3 fully saturated rings. The van der Waals surface area contributed by atoms with Crippen molar-refractivity contribution in [2.75, 3.05) is 26.8 Å². The lowest BCUT2D eigenvalue weighted by molar-refractivity contribution is -0.142. The Bertz CT molecular complexity index is 3130. The van der Waals surface area contributed by atoms with E-state index in [4.69, 9.17) is 29.2 Å². The summed E-state index contributed by atoms with van der Waals surface area (Å²) in [6.45, 7) is 17.7. The second kappa shape index (κ2) is 20.5. The fourth-order valence-electron chi connectivity index (χ4n) is 11.5. The number of amides is 4. The summed E-state index contributed by atoms with van der Waals surface area (Å²) in [7, 11) is 1.27. The molecule has 4 aliphatic rings. The third-order valence-electron chi connectivity index (χ3n) is 15.1. The van der Waals surface area contributed by atoms with Gasteiger partial charge in [0.15, 0.2) is 0 Å². The number of ether oxygens (including phenoxy) is 3. The van der Waals surface area contributed by atoms with Crippen molar-refractivity contribution in [2.24, 2.45) is 17.3 Å². The van der Waals surface area contributed by atoms with Crippen LogP contribution in [0.25, 0.3) is 44.7 Å². The monoisotopic (exact) mass is 1040 g/mol. The average molecular weight is 1050 g/mol. The Morgan fingerprint density at radius 2 is 1.57 bits per heavy atom. The van der Waals surface area contributed by atoms with E-state index in [0.29, 0.717) is 78.9 Å². The molecule has 4 aliphatic heterocycles. The number of hydrogen-bond donors (Lipinski definition) is 4. The molecule has 6 atom stereocenters. The van der Waals surface area contributed by atoms with Crippen LogP contribution in [0, 0.1) is 23.1 Å². The lowest BCUT2D eigenvalue weighted by Crippen LogP contribution is -2.54. The highest BCUT2D eigenvalue weighted by molar-refractivity contribution is 7.11. The summed E-state index contributed by atoms with van der Waals surface area (Å²) in [5.41, 5.74) is 4.17. The predicted molar refractivity (Wildman–Crippen MR) is 283 cm³/mol. The molecule has 4 N–H and O–H groups in total. The standard InChI is InChI=1S/C56H69FN10O7S/c1-10-44(68)63-48(32-17-20-73-56(7,8)25-32)52(70)66-19-12-14-40(66)49-59-27-36(61-49)31-15-16-38-34(21-31)23-41-46-35(57)22-33(24-42(46)74-53(67(38)41)43-29-58-45(75-43)26-55(4,5)6)37-28-60-50(62-37)39-13-11-18-65(39)51(69)47(30(2)3)64-54(71)72-9/h15-16,21-24,27-30,32,39-40,47-48,53H,10-14,17-20,25-26H2,1-9H3,(H,59,61)(H,60,62)(H,63,68)(H,64,71). The van der Waals surface area contributed by atoms with Crippen LogP contribution in [0.1, 0.15) is 140 Å². The minimum atomic E-state index is -0.778. The molecule has 8 heterocycles. The van der Waals surface area contributed by atoms with Gasteiger partial charge in [-0.15, -0.1) is 11.3 Å². The number of benzene rings is 2. The number of imidazole rings is 2. The van der Waals surface area contributed by atoms with Crippen LogP contribution in [0.3, 0.4) is 0 Å². The second-order valence-corrected chi connectivity index (χ2v) is 23.9. The van der Waals surface area contributed by atoms with Crippen LogP contribution in [-0.2, 0) is 30.3 Å². The minimum Gasteiger partial charge on any atom is -0.464 e. The molecule has 0 bridgehead atoms. The maximum atomic E-state index is 17.1. The number of nitrogens with one attached hydrogen (secondary N) is 4. The van der Waals surface area contributed by atoms with E-state index in [2.05, 4.69) is 47.4 Å². The van der Waals surface area contributed by atoms with Crippen molar-refractivity contribution >= 4 is 46.1 Å². The summed E-state index contributed by atoms with van der Waals surface area (Å²) in [4.78, 5) is 79.3. The van der Waals surface area contributed by atoms with E-state index in [9.17, 15) is 19.2 Å².